The molecule has 0 unspecified atom stereocenters. The molecule has 0 atom stereocenters. The van der Waals surface area contributed by atoms with Gasteiger partial charge in [0.2, 0.25) is 0 Å². The summed E-state index contributed by atoms with van der Waals surface area (Å²) in [5.41, 5.74) is 1.70. The third-order valence-electron chi connectivity index (χ3n) is 3.70. The van der Waals surface area contributed by atoms with Crippen LogP contribution in [0.1, 0.15) is 40.0 Å². The highest BCUT2D eigenvalue weighted by atomic mass is 16.2. The standard InChI is InChI=1S/C16H24N4O2/c1-5-9-19-11-17-14-13(19)15(21)20(16(22)18(14)4)10-7-6-8-12(2)3/h8,11H,5-7,9-10H2,1-4H3. The second-order valence-corrected chi connectivity index (χ2v) is 5.83. The normalized spacial score (nSPS) is 11.1. The number of aromatic nitrogens is 4. The zero-order chi connectivity index (χ0) is 16.3. The molecule has 120 valence electrons. The van der Waals surface area contributed by atoms with Crippen LogP contribution in [0, 0.1) is 0 Å². The summed E-state index contributed by atoms with van der Waals surface area (Å²) in [4.78, 5) is 29.2. The molecule has 0 bridgehead atoms. The molecule has 0 aliphatic rings. The fraction of sp³-hybridized carbons (Fsp3) is 0.562. The minimum Gasteiger partial charge on any atom is -0.325 e. The quantitative estimate of drug-likeness (QED) is 0.606. The summed E-state index contributed by atoms with van der Waals surface area (Å²) in [6.45, 7) is 7.29. The van der Waals surface area contributed by atoms with Gasteiger partial charge in [0.1, 0.15) is 0 Å². The predicted molar refractivity (Wildman–Crippen MR) is 88.2 cm³/mol. The first-order valence-corrected chi connectivity index (χ1v) is 7.75. The average Bonchev–Trinajstić information content (AvgIpc) is 2.88. The average molecular weight is 304 g/mol. The Morgan fingerprint density at radius 3 is 2.64 bits per heavy atom. The highest BCUT2D eigenvalue weighted by Gasteiger charge is 2.15. The third-order valence-corrected chi connectivity index (χ3v) is 3.70. The van der Waals surface area contributed by atoms with Gasteiger partial charge in [0.15, 0.2) is 11.2 Å². The maximum atomic E-state index is 12.7. The number of fused-ring (bicyclic) bond motifs is 1. The summed E-state index contributed by atoms with van der Waals surface area (Å²) >= 11 is 0. The lowest BCUT2D eigenvalue weighted by Crippen LogP contribution is -2.39. The Bertz CT molecular complexity index is 804. The maximum Gasteiger partial charge on any atom is 0.332 e. The molecule has 2 heterocycles. The molecule has 2 aromatic rings. The molecule has 2 rings (SSSR count). The smallest absolute Gasteiger partial charge is 0.325 e. The van der Waals surface area contributed by atoms with Gasteiger partial charge in [-0.05, 0) is 33.1 Å². The number of hydrogen-bond donors (Lipinski definition) is 0. The maximum absolute atomic E-state index is 12.7. The summed E-state index contributed by atoms with van der Waals surface area (Å²) in [5.74, 6) is 0. The third kappa shape index (κ3) is 3.05. The topological polar surface area (TPSA) is 61.8 Å². The molecule has 22 heavy (non-hydrogen) atoms. The van der Waals surface area contributed by atoms with Gasteiger partial charge < -0.3 is 4.57 Å². The van der Waals surface area contributed by atoms with E-state index in [0.717, 1.165) is 25.8 Å². The highest BCUT2D eigenvalue weighted by molar-refractivity contribution is 5.69. The molecule has 0 aromatic carbocycles. The Labute approximate surface area is 129 Å². The van der Waals surface area contributed by atoms with Crippen LogP contribution in [0.5, 0.6) is 0 Å². The van der Waals surface area contributed by atoms with Crippen LogP contribution in [-0.4, -0.2) is 18.7 Å². The first-order chi connectivity index (χ1) is 10.5. The minimum absolute atomic E-state index is 0.235. The summed E-state index contributed by atoms with van der Waals surface area (Å²) < 4.78 is 4.63. The molecule has 0 amide bonds. The van der Waals surface area contributed by atoms with Crippen LogP contribution in [0.2, 0.25) is 0 Å². The highest BCUT2D eigenvalue weighted by Crippen LogP contribution is 2.07. The number of aryl methyl sites for hydroxylation is 2. The van der Waals surface area contributed by atoms with Crippen molar-refractivity contribution in [3.8, 4) is 0 Å². The minimum atomic E-state index is -0.295. The Morgan fingerprint density at radius 1 is 1.27 bits per heavy atom. The van der Waals surface area contributed by atoms with Crippen LogP contribution in [0.3, 0.4) is 0 Å². The van der Waals surface area contributed by atoms with E-state index in [0.29, 0.717) is 17.7 Å². The van der Waals surface area contributed by atoms with Crippen LogP contribution in [0.25, 0.3) is 11.2 Å². The lowest BCUT2D eigenvalue weighted by molar-refractivity contribution is 0.573. The van der Waals surface area contributed by atoms with Crippen molar-refractivity contribution < 1.29 is 0 Å². The fourth-order valence-corrected chi connectivity index (χ4v) is 2.57. The van der Waals surface area contributed by atoms with Gasteiger partial charge in [0, 0.05) is 20.1 Å². The number of nitrogens with zero attached hydrogens (tertiary/aromatic N) is 4. The summed E-state index contributed by atoms with van der Waals surface area (Å²) in [6.07, 6.45) is 6.31. The zero-order valence-electron chi connectivity index (χ0n) is 13.8. The summed E-state index contributed by atoms with van der Waals surface area (Å²) in [5, 5.41) is 0. The SMILES string of the molecule is CCCn1cnc2c1c(=O)n(CCCC=C(C)C)c(=O)n2C. The lowest BCUT2D eigenvalue weighted by Gasteiger charge is -2.09. The molecular formula is C16H24N4O2. The molecule has 6 heteroatoms. The van der Waals surface area contributed by atoms with Crippen molar-refractivity contribution in [2.24, 2.45) is 7.05 Å². The summed E-state index contributed by atoms with van der Waals surface area (Å²) in [6, 6.07) is 0. The van der Waals surface area contributed by atoms with Crippen molar-refractivity contribution in [2.75, 3.05) is 0 Å². The van der Waals surface area contributed by atoms with Crippen LogP contribution in [0.4, 0.5) is 0 Å². The van der Waals surface area contributed by atoms with Gasteiger partial charge in [-0.1, -0.05) is 18.6 Å². The molecule has 0 fully saturated rings. The Hall–Kier alpha value is -2.11. The Morgan fingerprint density at radius 2 is 2.00 bits per heavy atom. The first kappa shape index (κ1) is 16.3. The van der Waals surface area contributed by atoms with Gasteiger partial charge in [0.25, 0.3) is 5.56 Å². The van der Waals surface area contributed by atoms with Gasteiger partial charge in [-0.3, -0.25) is 13.9 Å². The molecule has 0 radical (unpaired) electrons. The second-order valence-electron chi connectivity index (χ2n) is 5.83. The van der Waals surface area contributed by atoms with Gasteiger partial charge in [-0.2, -0.15) is 0 Å². The van der Waals surface area contributed by atoms with E-state index in [2.05, 4.69) is 11.1 Å². The van der Waals surface area contributed by atoms with Crippen molar-refractivity contribution in [2.45, 2.75) is 53.1 Å². The molecular weight excluding hydrogens is 280 g/mol. The van der Waals surface area contributed by atoms with E-state index < -0.39 is 0 Å². The molecule has 0 N–H and O–H groups in total. The molecule has 0 saturated carbocycles. The Balaban J connectivity index is 2.45. The number of rotatable bonds is 6. The van der Waals surface area contributed by atoms with Crippen molar-refractivity contribution in [1.82, 2.24) is 18.7 Å². The van der Waals surface area contributed by atoms with E-state index in [1.54, 1.807) is 13.4 Å². The van der Waals surface area contributed by atoms with Gasteiger partial charge in [0.05, 0.1) is 6.33 Å². The number of unbranched alkanes of at least 4 members (excludes halogenated alkanes) is 1. The van der Waals surface area contributed by atoms with E-state index in [1.165, 1.54) is 14.7 Å². The molecule has 0 aliphatic heterocycles. The fourth-order valence-electron chi connectivity index (χ4n) is 2.57. The monoisotopic (exact) mass is 304 g/mol. The van der Waals surface area contributed by atoms with E-state index in [9.17, 15) is 9.59 Å². The van der Waals surface area contributed by atoms with Crippen molar-refractivity contribution in [3.63, 3.8) is 0 Å². The second kappa shape index (κ2) is 6.77. The largest absolute Gasteiger partial charge is 0.332 e. The first-order valence-electron chi connectivity index (χ1n) is 7.75. The van der Waals surface area contributed by atoms with E-state index >= 15 is 0 Å². The van der Waals surface area contributed by atoms with Gasteiger partial charge in [-0.25, -0.2) is 9.78 Å². The van der Waals surface area contributed by atoms with Crippen LogP contribution in [0.15, 0.2) is 27.6 Å². The van der Waals surface area contributed by atoms with E-state index in [-0.39, 0.29) is 11.2 Å². The van der Waals surface area contributed by atoms with Crippen molar-refractivity contribution >= 4 is 11.2 Å². The van der Waals surface area contributed by atoms with E-state index in [4.69, 9.17) is 0 Å². The van der Waals surface area contributed by atoms with Crippen molar-refractivity contribution in [3.05, 3.63) is 38.8 Å². The lowest BCUT2D eigenvalue weighted by atomic mass is 10.2. The molecule has 2 aromatic heterocycles. The Kier molecular flexibility index (Phi) is 5.00. The van der Waals surface area contributed by atoms with Crippen molar-refractivity contribution in [1.29, 1.82) is 0 Å². The van der Waals surface area contributed by atoms with Gasteiger partial charge >= 0.3 is 5.69 Å². The number of allylic oxidation sites excluding steroid dienone is 2. The molecule has 0 spiro atoms. The molecule has 0 aliphatic carbocycles. The molecule has 0 saturated heterocycles. The summed E-state index contributed by atoms with van der Waals surface area (Å²) in [7, 11) is 1.67. The predicted octanol–water partition coefficient (Wildman–Crippen LogP) is 2.05. The molecule has 6 nitrogen and oxygen atoms in total. The van der Waals surface area contributed by atoms with Gasteiger partial charge in [-0.15, -0.1) is 0 Å². The number of hydrogen-bond acceptors (Lipinski definition) is 3. The zero-order valence-corrected chi connectivity index (χ0v) is 13.8. The van der Waals surface area contributed by atoms with E-state index in [1.807, 2.05) is 25.3 Å². The van der Waals surface area contributed by atoms with Crippen LogP contribution >= 0.6 is 0 Å². The number of imidazole rings is 1. The van der Waals surface area contributed by atoms with Crippen LogP contribution in [-0.2, 0) is 20.1 Å². The van der Waals surface area contributed by atoms with Crippen LogP contribution < -0.4 is 11.2 Å².